The number of hydrogen-bond acceptors (Lipinski definition) is 2. The molecule has 1 aromatic rings. The average molecular weight is 192 g/mol. The van der Waals surface area contributed by atoms with E-state index in [1.165, 1.54) is 0 Å². The van der Waals surface area contributed by atoms with E-state index in [0.29, 0.717) is 6.42 Å². The van der Waals surface area contributed by atoms with Crippen LogP contribution in [0.25, 0.3) is 0 Å². The number of aryl methyl sites for hydroxylation is 1. The van der Waals surface area contributed by atoms with Gasteiger partial charge in [-0.05, 0) is 24.8 Å². The Hall–Kier alpha value is -1.38. The first-order chi connectivity index (χ1) is 6.56. The highest BCUT2D eigenvalue weighted by Gasteiger charge is 2.13. The molecule has 0 aliphatic rings. The van der Waals surface area contributed by atoms with Crippen molar-refractivity contribution < 1.29 is 4.92 Å². The van der Waals surface area contributed by atoms with Crippen molar-refractivity contribution in [2.45, 2.75) is 26.2 Å². The van der Waals surface area contributed by atoms with Crippen LogP contribution in [-0.4, -0.2) is 4.92 Å². The van der Waals surface area contributed by atoms with Crippen LogP contribution >= 0.6 is 0 Å². The molecular weight excluding hydrogens is 178 g/mol. The maximum absolute atomic E-state index is 10.7. The molecule has 0 aliphatic heterocycles. The molecular formula is C11H14NO2. The first kappa shape index (κ1) is 10.7. The molecule has 0 aliphatic carbocycles. The molecule has 1 aromatic carbocycles. The molecule has 3 nitrogen and oxygen atoms in total. The molecule has 0 bridgehead atoms. The van der Waals surface area contributed by atoms with Crippen LogP contribution in [-0.2, 0) is 6.42 Å². The summed E-state index contributed by atoms with van der Waals surface area (Å²) in [4.78, 5) is 10.4. The zero-order valence-electron chi connectivity index (χ0n) is 8.49. The van der Waals surface area contributed by atoms with E-state index < -0.39 is 0 Å². The molecule has 0 heterocycles. The van der Waals surface area contributed by atoms with Gasteiger partial charge in [-0.2, -0.15) is 0 Å². The van der Waals surface area contributed by atoms with Crippen molar-refractivity contribution in [3.05, 3.63) is 46.4 Å². The summed E-state index contributed by atoms with van der Waals surface area (Å²) in [6.45, 7) is 7.68. The predicted octanol–water partition coefficient (Wildman–Crippen LogP) is 3.09. The molecule has 0 spiro atoms. The van der Waals surface area contributed by atoms with Crippen LogP contribution in [0.3, 0.4) is 0 Å². The third-order valence-corrected chi connectivity index (χ3v) is 2.26. The van der Waals surface area contributed by atoms with E-state index in [-0.39, 0.29) is 16.5 Å². The van der Waals surface area contributed by atoms with Crippen LogP contribution < -0.4 is 0 Å². The summed E-state index contributed by atoms with van der Waals surface area (Å²) in [5, 5.41) is 10.7. The maximum Gasteiger partial charge on any atom is 0.272 e. The maximum atomic E-state index is 10.7. The summed E-state index contributed by atoms with van der Waals surface area (Å²) in [7, 11) is 0. The van der Waals surface area contributed by atoms with Gasteiger partial charge in [-0.15, -0.1) is 0 Å². The molecule has 1 unspecified atom stereocenters. The number of benzene rings is 1. The average Bonchev–Trinajstić information content (AvgIpc) is 2.16. The van der Waals surface area contributed by atoms with E-state index in [1.54, 1.807) is 6.07 Å². The van der Waals surface area contributed by atoms with Crippen molar-refractivity contribution in [3.8, 4) is 0 Å². The highest BCUT2D eigenvalue weighted by atomic mass is 16.6. The molecule has 1 rings (SSSR count). The van der Waals surface area contributed by atoms with Crippen LogP contribution in [0.15, 0.2) is 18.2 Å². The summed E-state index contributed by atoms with van der Waals surface area (Å²) < 4.78 is 0. The third kappa shape index (κ3) is 2.10. The summed E-state index contributed by atoms with van der Waals surface area (Å²) in [6, 6.07) is 5.34. The molecule has 0 N–H and O–H groups in total. The Bertz CT molecular complexity index is 345. The first-order valence-corrected chi connectivity index (χ1v) is 4.66. The SMILES string of the molecule is [CH2]C(C)c1ccc(CC)c([N+](=O)[O-])c1. The van der Waals surface area contributed by atoms with Crippen LogP contribution in [0.1, 0.15) is 30.9 Å². The normalized spacial score (nSPS) is 10.6. The van der Waals surface area contributed by atoms with Crippen molar-refractivity contribution in [1.82, 2.24) is 0 Å². The molecule has 0 aromatic heterocycles. The van der Waals surface area contributed by atoms with Gasteiger partial charge in [-0.3, -0.25) is 10.1 Å². The van der Waals surface area contributed by atoms with Gasteiger partial charge in [0, 0.05) is 11.6 Å². The number of nitro groups is 1. The number of rotatable bonds is 3. The fraction of sp³-hybridized carbons (Fsp3) is 0.364. The van der Waals surface area contributed by atoms with Crippen LogP contribution in [0.5, 0.6) is 0 Å². The highest BCUT2D eigenvalue weighted by molar-refractivity contribution is 5.44. The van der Waals surface area contributed by atoms with Crippen molar-refractivity contribution in [1.29, 1.82) is 0 Å². The second-order valence-electron chi connectivity index (χ2n) is 3.40. The Balaban J connectivity index is 3.21. The first-order valence-electron chi connectivity index (χ1n) is 4.66. The molecule has 1 radical (unpaired) electrons. The lowest BCUT2D eigenvalue weighted by Crippen LogP contribution is -1.97. The van der Waals surface area contributed by atoms with E-state index in [1.807, 2.05) is 26.0 Å². The van der Waals surface area contributed by atoms with Gasteiger partial charge in [0.25, 0.3) is 5.69 Å². The van der Waals surface area contributed by atoms with E-state index in [0.717, 1.165) is 11.1 Å². The Labute approximate surface area is 83.9 Å². The van der Waals surface area contributed by atoms with Crippen LogP contribution in [0.4, 0.5) is 5.69 Å². The Morgan fingerprint density at radius 1 is 1.57 bits per heavy atom. The van der Waals surface area contributed by atoms with E-state index in [2.05, 4.69) is 6.92 Å². The summed E-state index contributed by atoms with van der Waals surface area (Å²) in [5.74, 6) is 0.0830. The van der Waals surface area contributed by atoms with E-state index in [9.17, 15) is 10.1 Å². The van der Waals surface area contributed by atoms with Gasteiger partial charge in [0.1, 0.15) is 0 Å². The van der Waals surface area contributed by atoms with E-state index >= 15 is 0 Å². The lowest BCUT2D eigenvalue weighted by molar-refractivity contribution is -0.385. The quantitative estimate of drug-likeness (QED) is 0.545. The Morgan fingerprint density at radius 2 is 2.21 bits per heavy atom. The van der Waals surface area contributed by atoms with Crippen LogP contribution in [0, 0.1) is 17.0 Å². The second kappa shape index (κ2) is 4.22. The number of hydrogen-bond donors (Lipinski definition) is 0. The lowest BCUT2D eigenvalue weighted by Gasteiger charge is -2.06. The second-order valence-corrected chi connectivity index (χ2v) is 3.40. The molecule has 3 heteroatoms. The van der Waals surface area contributed by atoms with Gasteiger partial charge in [0.05, 0.1) is 4.92 Å². The molecule has 14 heavy (non-hydrogen) atoms. The number of nitro benzene ring substituents is 1. The molecule has 0 saturated carbocycles. The van der Waals surface area contributed by atoms with Crippen molar-refractivity contribution >= 4 is 5.69 Å². The van der Waals surface area contributed by atoms with Crippen LogP contribution in [0.2, 0.25) is 0 Å². The minimum atomic E-state index is -0.329. The van der Waals surface area contributed by atoms with Gasteiger partial charge in [0.15, 0.2) is 0 Å². The van der Waals surface area contributed by atoms with Gasteiger partial charge < -0.3 is 0 Å². The standard InChI is InChI=1S/C11H14NO2/c1-4-9-5-6-10(8(2)3)7-11(9)12(13)14/h5-8H,2,4H2,1,3H3. The highest BCUT2D eigenvalue weighted by Crippen LogP contribution is 2.24. The minimum Gasteiger partial charge on any atom is -0.258 e. The smallest absolute Gasteiger partial charge is 0.258 e. The largest absolute Gasteiger partial charge is 0.272 e. The number of nitrogens with zero attached hydrogens (tertiary/aromatic N) is 1. The third-order valence-electron chi connectivity index (χ3n) is 2.26. The summed E-state index contributed by atoms with van der Waals surface area (Å²) in [5.41, 5.74) is 1.90. The zero-order chi connectivity index (χ0) is 10.7. The van der Waals surface area contributed by atoms with Crippen molar-refractivity contribution in [2.75, 3.05) is 0 Å². The molecule has 0 saturated heterocycles. The summed E-state index contributed by atoms with van der Waals surface area (Å²) >= 11 is 0. The van der Waals surface area contributed by atoms with Gasteiger partial charge in [0.2, 0.25) is 0 Å². The van der Waals surface area contributed by atoms with Crippen molar-refractivity contribution in [2.24, 2.45) is 0 Å². The predicted molar refractivity (Wildman–Crippen MR) is 56.2 cm³/mol. The molecule has 0 fully saturated rings. The monoisotopic (exact) mass is 192 g/mol. The molecule has 1 atom stereocenters. The molecule has 0 amide bonds. The lowest BCUT2D eigenvalue weighted by atomic mass is 9.99. The Kier molecular flexibility index (Phi) is 3.23. The van der Waals surface area contributed by atoms with Crippen molar-refractivity contribution in [3.63, 3.8) is 0 Å². The summed E-state index contributed by atoms with van der Waals surface area (Å²) in [6.07, 6.45) is 0.683. The molecule has 75 valence electrons. The fourth-order valence-electron chi connectivity index (χ4n) is 1.36. The minimum absolute atomic E-state index is 0.0830. The van der Waals surface area contributed by atoms with E-state index in [4.69, 9.17) is 0 Å². The topological polar surface area (TPSA) is 43.1 Å². The van der Waals surface area contributed by atoms with Gasteiger partial charge in [-0.1, -0.05) is 26.0 Å². The Morgan fingerprint density at radius 3 is 2.64 bits per heavy atom. The van der Waals surface area contributed by atoms with Gasteiger partial charge in [-0.25, -0.2) is 0 Å². The fourth-order valence-corrected chi connectivity index (χ4v) is 1.36. The zero-order valence-corrected chi connectivity index (χ0v) is 8.49. The van der Waals surface area contributed by atoms with Gasteiger partial charge >= 0.3 is 0 Å².